The van der Waals surface area contributed by atoms with Crippen LogP contribution in [0.4, 0.5) is 14.5 Å². The average molecular weight is 391 g/mol. The second-order valence-electron chi connectivity index (χ2n) is 6.57. The summed E-state index contributed by atoms with van der Waals surface area (Å²) in [6.45, 7) is 0. The van der Waals surface area contributed by atoms with Crippen LogP contribution in [-0.2, 0) is 9.59 Å². The van der Waals surface area contributed by atoms with Crippen molar-refractivity contribution in [3.63, 3.8) is 0 Å². The number of carbonyl (C=O) groups excluding carboxylic acids is 2. The van der Waals surface area contributed by atoms with Crippen molar-refractivity contribution < 1.29 is 23.5 Å². The number of ketones is 1. The van der Waals surface area contributed by atoms with Gasteiger partial charge in [0, 0.05) is 11.3 Å². The topological polar surface area (TPSA) is 57.6 Å². The number of aliphatic hydroxyl groups is 1. The van der Waals surface area contributed by atoms with Crippen molar-refractivity contribution in [2.24, 2.45) is 0 Å². The van der Waals surface area contributed by atoms with Crippen molar-refractivity contribution in [2.75, 3.05) is 4.90 Å². The summed E-state index contributed by atoms with van der Waals surface area (Å²) in [7, 11) is 0. The summed E-state index contributed by atoms with van der Waals surface area (Å²) in [6, 6.07) is 17.8. The van der Waals surface area contributed by atoms with Crippen LogP contribution in [0.1, 0.15) is 17.2 Å². The zero-order chi connectivity index (χ0) is 20.5. The van der Waals surface area contributed by atoms with Crippen molar-refractivity contribution in [1.29, 1.82) is 0 Å². The molecule has 0 spiro atoms. The molecule has 1 aliphatic rings. The first kappa shape index (κ1) is 18.6. The second kappa shape index (κ2) is 7.31. The summed E-state index contributed by atoms with van der Waals surface area (Å²) in [5, 5.41) is 10.8. The molecule has 1 aliphatic heterocycles. The van der Waals surface area contributed by atoms with Gasteiger partial charge in [0.15, 0.2) is 0 Å². The van der Waals surface area contributed by atoms with E-state index >= 15 is 0 Å². The highest BCUT2D eigenvalue weighted by Gasteiger charge is 2.47. The SMILES string of the molecule is O=C1C(=O)N(c2ccccc2)C(c2cccc(F)c2)/C1=C(\O)c1ccc(F)cc1. The minimum absolute atomic E-state index is 0.180. The zero-order valence-electron chi connectivity index (χ0n) is 15.0. The molecule has 29 heavy (non-hydrogen) atoms. The number of hydrogen-bond donors (Lipinski definition) is 1. The molecule has 3 aromatic carbocycles. The van der Waals surface area contributed by atoms with Gasteiger partial charge in [-0.15, -0.1) is 0 Å². The number of rotatable bonds is 3. The van der Waals surface area contributed by atoms with Gasteiger partial charge in [0.2, 0.25) is 0 Å². The van der Waals surface area contributed by atoms with Crippen molar-refractivity contribution in [2.45, 2.75) is 6.04 Å². The molecule has 0 bridgehead atoms. The van der Waals surface area contributed by atoms with Gasteiger partial charge in [0.25, 0.3) is 11.7 Å². The molecular weight excluding hydrogens is 376 g/mol. The number of anilines is 1. The summed E-state index contributed by atoms with van der Waals surface area (Å²) >= 11 is 0. The van der Waals surface area contributed by atoms with Crippen LogP contribution in [0.2, 0.25) is 0 Å². The maximum atomic E-state index is 13.9. The Balaban J connectivity index is 1.95. The van der Waals surface area contributed by atoms with Crippen LogP contribution in [0.15, 0.2) is 84.4 Å². The highest BCUT2D eigenvalue weighted by atomic mass is 19.1. The van der Waals surface area contributed by atoms with Crippen molar-refractivity contribution in [3.05, 3.63) is 107 Å². The van der Waals surface area contributed by atoms with Gasteiger partial charge in [-0.2, -0.15) is 0 Å². The van der Waals surface area contributed by atoms with E-state index in [2.05, 4.69) is 0 Å². The lowest BCUT2D eigenvalue weighted by molar-refractivity contribution is -0.132. The number of benzene rings is 3. The van der Waals surface area contributed by atoms with E-state index in [1.807, 2.05) is 0 Å². The summed E-state index contributed by atoms with van der Waals surface area (Å²) < 4.78 is 27.2. The van der Waals surface area contributed by atoms with E-state index in [0.717, 1.165) is 12.1 Å². The molecule has 1 saturated heterocycles. The first-order chi connectivity index (χ1) is 14.0. The molecule has 1 amide bonds. The lowest BCUT2D eigenvalue weighted by atomic mass is 9.95. The van der Waals surface area contributed by atoms with Crippen LogP contribution in [0.25, 0.3) is 5.76 Å². The molecule has 1 fully saturated rings. The van der Waals surface area contributed by atoms with Crippen LogP contribution in [0, 0.1) is 11.6 Å². The number of carbonyl (C=O) groups is 2. The molecule has 0 aromatic heterocycles. The molecule has 1 heterocycles. The van der Waals surface area contributed by atoms with Crippen LogP contribution < -0.4 is 4.90 Å². The molecule has 144 valence electrons. The number of hydrogen-bond acceptors (Lipinski definition) is 3. The van der Waals surface area contributed by atoms with Gasteiger partial charge in [0.05, 0.1) is 11.6 Å². The normalized spacial score (nSPS) is 18.3. The van der Waals surface area contributed by atoms with E-state index in [4.69, 9.17) is 0 Å². The van der Waals surface area contributed by atoms with Crippen LogP contribution in [-0.4, -0.2) is 16.8 Å². The lowest BCUT2D eigenvalue weighted by Gasteiger charge is -2.25. The van der Waals surface area contributed by atoms with Crippen LogP contribution >= 0.6 is 0 Å². The monoisotopic (exact) mass is 391 g/mol. The molecule has 6 heteroatoms. The lowest BCUT2D eigenvalue weighted by Crippen LogP contribution is -2.29. The van der Waals surface area contributed by atoms with Crippen molar-refractivity contribution in [3.8, 4) is 0 Å². The quantitative estimate of drug-likeness (QED) is 0.404. The van der Waals surface area contributed by atoms with Gasteiger partial charge in [0.1, 0.15) is 17.4 Å². The van der Waals surface area contributed by atoms with Gasteiger partial charge in [-0.1, -0.05) is 30.3 Å². The third-order valence-electron chi connectivity index (χ3n) is 4.76. The van der Waals surface area contributed by atoms with E-state index in [-0.39, 0.29) is 11.1 Å². The molecule has 4 nitrogen and oxygen atoms in total. The van der Waals surface area contributed by atoms with Gasteiger partial charge in [-0.05, 0) is 54.1 Å². The van der Waals surface area contributed by atoms with Crippen LogP contribution in [0.3, 0.4) is 0 Å². The predicted molar refractivity (Wildman–Crippen MR) is 104 cm³/mol. The van der Waals surface area contributed by atoms with Crippen LogP contribution in [0.5, 0.6) is 0 Å². The average Bonchev–Trinajstić information content (AvgIpc) is 2.99. The number of nitrogens with zero attached hydrogens (tertiary/aromatic N) is 1. The van der Waals surface area contributed by atoms with E-state index in [0.29, 0.717) is 11.3 Å². The fourth-order valence-corrected chi connectivity index (χ4v) is 3.44. The summed E-state index contributed by atoms with van der Waals surface area (Å²) in [4.78, 5) is 26.9. The molecule has 1 unspecified atom stereocenters. The summed E-state index contributed by atoms with van der Waals surface area (Å²) in [6.07, 6.45) is 0. The fourth-order valence-electron chi connectivity index (χ4n) is 3.44. The summed E-state index contributed by atoms with van der Waals surface area (Å²) in [5.74, 6) is -3.23. The molecule has 1 N–H and O–H groups in total. The highest BCUT2D eigenvalue weighted by molar-refractivity contribution is 6.51. The summed E-state index contributed by atoms with van der Waals surface area (Å²) in [5.41, 5.74) is 0.758. The minimum atomic E-state index is -1.03. The van der Waals surface area contributed by atoms with E-state index in [1.165, 1.54) is 35.2 Å². The second-order valence-corrected chi connectivity index (χ2v) is 6.57. The molecule has 1 atom stereocenters. The highest BCUT2D eigenvalue weighted by Crippen LogP contribution is 2.42. The Labute approximate surface area is 165 Å². The first-order valence-electron chi connectivity index (χ1n) is 8.85. The van der Waals surface area contributed by atoms with Gasteiger partial charge in [-0.3, -0.25) is 14.5 Å². The van der Waals surface area contributed by atoms with E-state index in [9.17, 15) is 23.5 Å². The van der Waals surface area contributed by atoms with Gasteiger partial charge < -0.3 is 5.11 Å². The number of amides is 1. The largest absolute Gasteiger partial charge is 0.507 e. The maximum Gasteiger partial charge on any atom is 0.300 e. The van der Waals surface area contributed by atoms with Crippen molar-refractivity contribution in [1.82, 2.24) is 0 Å². The molecule has 4 rings (SSSR count). The Morgan fingerprint density at radius 3 is 2.17 bits per heavy atom. The van der Waals surface area contributed by atoms with Crippen molar-refractivity contribution >= 4 is 23.1 Å². The first-order valence-corrected chi connectivity index (χ1v) is 8.85. The predicted octanol–water partition coefficient (Wildman–Crippen LogP) is 4.59. The third-order valence-corrected chi connectivity index (χ3v) is 4.76. The number of halogens is 2. The van der Waals surface area contributed by atoms with Gasteiger partial charge in [-0.25, -0.2) is 8.78 Å². The molecule has 0 saturated carbocycles. The molecule has 3 aromatic rings. The Bertz CT molecular complexity index is 1120. The smallest absolute Gasteiger partial charge is 0.300 e. The Morgan fingerprint density at radius 2 is 1.52 bits per heavy atom. The van der Waals surface area contributed by atoms with E-state index < -0.39 is 35.1 Å². The number of para-hydroxylation sites is 1. The zero-order valence-corrected chi connectivity index (χ0v) is 15.0. The standard InChI is InChI=1S/C23H15F2NO3/c24-16-11-9-14(10-12-16)21(27)19-20(15-5-4-6-17(25)13-15)26(23(29)22(19)28)18-7-2-1-3-8-18/h1-13,20,27H/b21-19+. The Kier molecular flexibility index (Phi) is 4.68. The Morgan fingerprint density at radius 1 is 0.828 bits per heavy atom. The third kappa shape index (κ3) is 3.29. The molecular formula is C23H15F2NO3. The molecule has 0 radical (unpaired) electrons. The minimum Gasteiger partial charge on any atom is -0.507 e. The molecule has 0 aliphatic carbocycles. The van der Waals surface area contributed by atoms with E-state index in [1.54, 1.807) is 36.4 Å². The maximum absolute atomic E-state index is 13.9. The fraction of sp³-hybridized carbons (Fsp3) is 0.0435. The Hall–Kier alpha value is -3.80. The number of aliphatic hydroxyl groups excluding tert-OH is 1. The number of Topliss-reactive ketones (excluding diaryl/α,β-unsaturated/α-hetero) is 1. The van der Waals surface area contributed by atoms with Gasteiger partial charge >= 0.3 is 0 Å².